The Bertz CT molecular complexity index is 1100. The topological polar surface area (TPSA) is 82.1 Å². The van der Waals surface area contributed by atoms with Gasteiger partial charge in [0.25, 0.3) is 0 Å². The third kappa shape index (κ3) is 7.22. The molecular formula is C27H37ClN6O3S. The molecule has 4 rings (SSSR count). The predicted molar refractivity (Wildman–Crippen MR) is 152 cm³/mol. The van der Waals surface area contributed by atoms with Crippen LogP contribution in [0.5, 0.6) is 5.75 Å². The number of carbonyl (C=O) groups is 2. The number of methoxy groups -OCH3 is 1. The molecule has 0 N–H and O–H groups in total. The zero-order valence-corrected chi connectivity index (χ0v) is 24.0. The van der Waals surface area contributed by atoms with Gasteiger partial charge in [-0.25, -0.2) is 9.97 Å². The number of benzene rings is 1. The number of hydrogen-bond acceptors (Lipinski definition) is 8. The van der Waals surface area contributed by atoms with Crippen molar-refractivity contribution in [1.29, 1.82) is 0 Å². The highest BCUT2D eigenvalue weighted by atomic mass is 35.5. The highest BCUT2D eigenvalue weighted by molar-refractivity contribution is 7.99. The molecule has 1 aromatic carbocycles. The monoisotopic (exact) mass is 560 g/mol. The van der Waals surface area contributed by atoms with Crippen molar-refractivity contribution in [1.82, 2.24) is 19.8 Å². The van der Waals surface area contributed by atoms with Gasteiger partial charge in [-0.1, -0.05) is 36.7 Å². The summed E-state index contributed by atoms with van der Waals surface area (Å²) in [5.74, 6) is 2.13. The lowest BCUT2D eigenvalue weighted by Crippen LogP contribution is -2.54. The molecule has 2 saturated heterocycles. The van der Waals surface area contributed by atoms with E-state index in [0.717, 1.165) is 43.2 Å². The van der Waals surface area contributed by atoms with Crippen LogP contribution in [0.3, 0.4) is 0 Å². The number of unbranched alkanes of at least 4 members (excludes halogenated alkanes) is 1. The Balaban J connectivity index is 1.28. The second-order valence-corrected chi connectivity index (χ2v) is 11.0. The van der Waals surface area contributed by atoms with Crippen LogP contribution in [0.25, 0.3) is 0 Å². The number of ether oxygens (including phenoxy) is 1. The van der Waals surface area contributed by atoms with Gasteiger partial charge in [-0.3, -0.25) is 9.59 Å². The second kappa shape index (κ2) is 13.4. The van der Waals surface area contributed by atoms with Gasteiger partial charge in [0.05, 0.1) is 12.9 Å². The molecule has 3 heterocycles. The smallest absolute Gasteiger partial charge is 0.233 e. The number of hydrogen-bond donors (Lipinski definition) is 0. The summed E-state index contributed by atoms with van der Waals surface area (Å²) in [6, 6.07) is 9.85. The predicted octanol–water partition coefficient (Wildman–Crippen LogP) is 3.81. The molecule has 0 radical (unpaired) electrons. The zero-order chi connectivity index (χ0) is 27.1. The molecule has 1 unspecified atom stereocenters. The van der Waals surface area contributed by atoms with Gasteiger partial charge in [0.2, 0.25) is 11.8 Å². The van der Waals surface area contributed by atoms with Crippen molar-refractivity contribution in [3.8, 4) is 5.75 Å². The van der Waals surface area contributed by atoms with Crippen LogP contribution in [-0.4, -0.2) is 96.3 Å². The maximum Gasteiger partial charge on any atom is 0.233 e. The number of piperazine rings is 2. The quantitative estimate of drug-likeness (QED) is 0.260. The van der Waals surface area contributed by atoms with Crippen LogP contribution in [-0.2, 0) is 9.59 Å². The highest BCUT2D eigenvalue weighted by Crippen LogP contribution is 2.25. The molecule has 38 heavy (non-hydrogen) atoms. The van der Waals surface area contributed by atoms with E-state index >= 15 is 0 Å². The largest absolute Gasteiger partial charge is 0.497 e. The molecule has 0 saturated carbocycles. The summed E-state index contributed by atoms with van der Waals surface area (Å²) >= 11 is 7.65. The molecule has 1 aromatic heterocycles. The van der Waals surface area contributed by atoms with E-state index in [1.165, 1.54) is 11.8 Å². The van der Waals surface area contributed by atoms with Crippen LogP contribution in [0.4, 0.5) is 11.5 Å². The first-order valence-electron chi connectivity index (χ1n) is 13.3. The molecule has 1 atom stereocenters. The number of rotatable bonds is 9. The van der Waals surface area contributed by atoms with Gasteiger partial charge < -0.3 is 24.3 Å². The molecule has 2 fully saturated rings. The van der Waals surface area contributed by atoms with E-state index in [4.69, 9.17) is 21.3 Å². The Labute approximate surface area is 234 Å². The van der Waals surface area contributed by atoms with Crippen molar-refractivity contribution in [2.75, 3.05) is 68.5 Å². The van der Waals surface area contributed by atoms with Crippen LogP contribution < -0.4 is 14.5 Å². The normalized spacial score (nSPS) is 18.1. The molecule has 11 heteroatoms. The molecule has 0 spiro atoms. The number of aromatic nitrogens is 2. The summed E-state index contributed by atoms with van der Waals surface area (Å²) in [6.07, 6.45) is 2.54. The Morgan fingerprint density at radius 3 is 2.39 bits per heavy atom. The highest BCUT2D eigenvalue weighted by Gasteiger charge is 2.28. The van der Waals surface area contributed by atoms with Crippen molar-refractivity contribution >= 4 is 46.7 Å². The third-order valence-corrected chi connectivity index (χ3v) is 8.10. The van der Waals surface area contributed by atoms with Crippen LogP contribution in [0.1, 0.15) is 33.1 Å². The number of thioether (sulfide) groups is 1. The maximum absolute atomic E-state index is 12.9. The van der Waals surface area contributed by atoms with E-state index in [1.54, 1.807) is 13.2 Å². The Morgan fingerprint density at radius 1 is 1.03 bits per heavy atom. The first kappa shape index (κ1) is 28.3. The molecule has 9 nitrogen and oxygen atoms in total. The summed E-state index contributed by atoms with van der Waals surface area (Å²) in [4.78, 5) is 42.8. The van der Waals surface area contributed by atoms with Gasteiger partial charge in [0, 0.05) is 70.0 Å². The summed E-state index contributed by atoms with van der Waals surface area (Å²) in [5, 5.41) is 0.846. The van der Waals surface area contributed by atoms with E-state index in [2.05, 4.69) is 28.6 Å². The maximum atomic E-state index is 12.9. The summed E-state index contributed by atoms with van der Waals surface area (Å²) in [5.41, 5.74) is 1.13. The number of nitrogens with zero attached hydrogens (tertiary/aromatic N) is 6. The van der Waals surface area contributed by atoms with Crippen molar-refractivity contribution in [2.45, 2.75) is 44.3 Å². The number of anilines is 2. The van der Waals surface area contributed by atoms with E-state index in [0.29, 0.717) is 49.5 Å². The summed E-state index contributed by atoms with van der Waals surface area (Å²) < 4.78 is 5.24. The van der Waals surface area contributed by atoms with Crippen LogP contribution in [0.15, 0.2) is 35.5 Å². The van der Waals surface area contributed by atoms with Crippen LogP contribution >= 0.6 is 23.4 Å². The first-order valence-corrected chi connectivity index (χ1v) is 14.6. The molecule has 2 amide bonds. The van der Waals surface area contributed by atoms with Gasteiger partial charge in [-0.05, 0) is 37.6 Å². The lowest BCUT2D eigenvalue weighted by Gasteiger charge is -2.40. The zero-order valence-electron chi connectivity index (χ0n) is 22.4. The SMILES string of the molecule is CCCCC(=O)N1CCN(c2cc(Cl)nc(SCC(=O)N3CCN(c4ccc(OC)cc4)CC3)n2)CC1C. The van der Waals surface area contributed by atoms with Gasteiger partial charge in [0.1, 0.15) is 16.7 Å². The Hall–Kier alpha value is -2.72. The molecule has 2 aromatic rings. The molecular weight excluding hydrogens is 524 g/mol. The standard InChI is InChI=1S/C27H37ClN6O3S/c1-4-5-6-25(35)34-16-15-33(18-20(34)2)24-17-23(28)29-27(30-24)38-19-26(36)32-13-11-31(12-14-32)21-7-9-22(37-3)10-8-21/h7-10,17,20H,4-6,11-16,18-19H2,1-3H3. The average Bonchev–Trinajstić information content (AvgIpc) is 2.94. The van der Waals surface area contributed by atoms with Crippen molar-refractivity contribution in [3.63, 3.8) is 0 Å². The van der Waals surface area contributed by atoms with Crippen molar-refractivity contribution < 1.29 is 14.3 Å². The average molecular weight is 561 g/mol. The lowest BCUT2D eigenvalue weighted by atomic mass is 10.1. The fourth-order valence-corrected chi connectivity index (χ4v) is 5.83. The lowest BCUT2D eigenvalue weighted by molar-refractivity contribution is -0.133. The van der Waals surface area contributed by atoms with Crippen molar-refractivity contribution in [3.05, 3.63) is 35.5 Å². The van der Waals surface area contributed by atoms with Gasteiger partial charge >= 0.3 is 0 Å². The first-order chi connectivity index (χ1) is 18.4. The molecule has 206 valence electrons. The third-order valence-electron chi connectivity index (χ3n) is 7.07. The van der Waals surface area contributed by atoms with Crippen molar-refractivity contribution in [2.24, 2.45) is 0 Å². The minimum Gasteiger partial charge on any atom is -0.497 e. The number of amides is 2. The fourth-order valence-electron chi connectivity index (χ4n) is 4.84. The van der Waals surface area contributed by atoms with Crippen LogP contribution in [0.2, 0.25) is 5.15 Å². The summed E-state index contributed by atoms with van der Waals surface area (Å²) in [7, 11) is 1.66. The van der Waals surface area contributed by atoms with Gasteiger partial charge in [-0.15, -0.1) is 0 Å². The fraction of sp³-hybridized carbons (Fsp3) is 0.556. The number of halogens is 1. The van der Waals surface area contributed by atoms with Gasteiger partial charge in [0.15, 0.2) is 5.16 Å². The molecule has 2 aliphatic rings. The van der Waals surface area contributed by atoms with E-state index in [9.17, 15) is 9.59 Å². The molecule has 0 bridgehead atoms. The molecule has 2 aliphatic heterocycles. The molecule has 0 aliphatic carbocycles. The number of carbonyl (C=O) groups excluding carboxylic acids is 2. The minimum atomic E-state index is 0.0716. The second-order valence-electron chi connectivity index (χ2n) is 9.67. The van der Waals surface area contributed by atoms with Crippen LogP contribution in [0, 0.1) is 0 Å². The Kier molecular flexibility index (Phi) is 9.96. The van der Waals surface area contributed by atoms with Gasteiger partial charge in [-0.2, -0.15) is 0 Å². The van der Waals surface area contributed by atoms with E-state index < -0.39 is 0 Å². The summed E-state index contributed by atoms with van der Waals surface area (Å²) in [6.45, 7) is 9.12. The van der Waals surface area contributed by atoms with E-state index in [1.807, 2.05) is 34.1 Å². The minimum absolute atomic E-state index is 0.0716. The van der Waals surface area contributed by atoms with E-state index in [-0.39, 0.29) is 23.6 Å². The Morgan fingerprint density at radius 2 is 1.74 bits per heavy atom.